The Kier molecular flexibility index (Phi) is 9.74. The fourth-order valence-corrected chi connectivity index (χ4v) is 4.80. The lowest BCUT2D eigenvalue weighted by atomic mass is 10.0. The molecular weight excluding hydrogens is 537 g/mol. The van der Waals surface area contributed by atoms with Crippen LogP contribution in [0.5, 0.6) is 5.75 Å². The lowest BCUT2D eigenvalue weighted by Crippen LogP contribution is -2.58. The molecule has 1 amide bonds. The third kappa shape index (κ3) is 7.58. The Morgan fingerprint density at radius 2 is 1.73 bits per heavy atom. The van der Waals surface area contributed by atoms with E-state index in [1.54, 1.807) is 42.5 Å². The minimum atomic E-state index is -1.16. The summed E-state index contributed by atoms with van der Waals surface area (Å²) in [5.41, 5.74) is 2.46. The van der Waals surface area contributed by atoms with Crippen LogP contribution >= 0.6 is 11.6 Å². The number of hydrogen-bond donors (Lipinski definition) is 1. The monoisotopic (exact) mass is 567 g/mol. The van der Waals surface area contributed by atoms with Gasteiger partial charge in [-0.15, -0.1) is 0 Å². The molecule has 8 nitrogen and oxygen atoms in total. The molecule has 2 atom stereocenters. The Morgan fingerprint density at radius 1 is 1.00 bits per heavy atom. The number of carbonyl (C=O) groups excluding carboxylic acids is 1. The number of ether oxygens (including phenoxy) is 1. The molecule has 40 heavy (non-hydrogen) atoms. The van der Waals surface area contributed by atoms with Crippen molar-refractivity contribution in [1.82, 2.24) is 9.80 Å². The van der Waals surface area contributed by atoms with Crippen LogP contribution in [-0.2, 0) is 21.0 Å². The van der Waals surface area contributed by atoms with Gasteiger partial charge in [-0.3, -0.25) is 9.69 Å². The van der Waals surface area contributed by atoms with Crippen molar-refractivity contribution >= 4 is 29.2 Å². The number of oxime groups is 1. The summed E-state index contributed by atoms with van der Waals surface area (Å²) in [5, 5.41) is 13.5. The molecule has 3 aromatic rings. The van der Waals surface area contributed by atoms with E-state index in [2.05, 4.69) is 17.0 Å². The molecule has 210 valence electrons. The van der Waals surface area contributed by atoms with Crippen molar-refractivity contribution in [3.05, 3.63) is 100 Å². The van der Waals surface area contributed by atoms with Gasteiger partial charge in [-0.25, -0.2) is 9.18 Å². The van der Waals surface area contributed by atoms with Crippen LogP contribution in [0, 0.1) is 5.82 Å². The maximum absolute atomic E-state index is 13.3. The van der Waals surface area contributed by atoms with Gasteiger partial charge in [-0.05, 0) is 49.7 Å². The molecule has 1 aliphatic heterocycles. The molecule has 0 radical (unpaired) electrons. The highest BCUT2D eigenvalue weighted by Crippen LogP contribution is 2.27. The maximum Gasteiger partial charge on any atom is 0.344 e. The predicted molar refractivity (Wildman–Crippen MR) is 150 cm³/mol. The third-order valence-corrected chi connectivity index (χ3v) is 6.91. The van der Waals surface area contributed by atoms with Crippen LogP contribution in [0.3, 0.4) is 0 Å². The molecule has 1 fully saturated rings. The van der Waals surface area contributed by atoms with Gasteiger partial charge in [0.1, 0.15) is 17.3 Å². The van der Waals surface area contributed by atoms with Crippen molar-refractivity contribution in [2.75, 3.05) is 26.3 Å². The van der Waals surface area contributed by atoms with Crippen LogP contribution in [0.2, 0.25) is 5.02 Å². The average molecular weight is 568 g/mol. The van der Waals surface area contributed by atoms with E-state index in [0.717, 1.165) is 5.56 Å². The molecule has 1 aliphatic rings. The number of amides is 1. The first kappa shape index (κ1) is 29.0. The van der Waals surface area contributed by atoms with Gasteiger partial charge in [0, 0.05) is 47.9 Å². The largest absolute Gasteiger partial charge is 0.483 e. The number of benzene rings is 3. The summed E-state index contributed by atoms with van der Waals surface area (Å²) in [5.74, 6) is -1.23. The van der Waals surface area contributed by atoms with E-state index in [1.165, 1.54) is 12.1 Å². The number of aliphatic carboxylic acids is 1. The maximum atomic E-state index is 13.3. The van der Waals surface area contributed by atoms with Crippen LogP contribution in [0.15, 0.2) is 78.0 Å². The Balaban J connectivity index is 1.47. The summed E-state index contributed by atoms with van der Waals surface area (Å²) in [6, 6.07) is 20.5. The number of carboxylic acids is 1. The fourth-order valence-electron chi connectivity index (χ4n) is 4.63. The molecule has 0 aliphatic carbocycles. The molecule has 10 heteroatoms. The molecule has 4 rings (SSSR count). The summed E-state index contributed by atoms with van der Waals surface area (Å²) in [7, 11) is 0. The van der Waals surface area contributed by atoms with Crippen molar-refractivity contribution in [2.45, 2.75) is 32.5 Å². The summed E-state index contributed by atoms with van der Waals surface area (Å²) in [4.78, 5) is 33.4. The average Bonchev–Trinajstić information content (AvgIpc) is 2.93. The standard InChI is InChI=1S/C30H31ClFN3O5/c1-20-16-35(21(2)15-34(20)17-22-8-11-25(32)12-9-22)28(36)18-39-27-13-10-24(31)14-26(27)30(33-40-19-29(37)38)23-6-4-3-5-7-23/h3-14,20-21H,15-19H2,1-2H3,(H,37,38)/t20-,21+/m0/s1. The lowest BCUT2D eigenvalue weighted by Gasteiger charge is -2.44. The van der Waals surface area contributed by atoms with E-state index in [-0.39, 0.29) is 30.4 Å². The van der Waals surface area contributed by atoms with Crippen LogP contribution < -0.4 is 4.74 Å². The first-order chi connectivity index (χ1) is 19.2. The normalized spacial score (nSPS) is 17.9. The van der Waals surface area contributed by atoms with Gasteiger partial charge in [-0.2, -0.15) is 0 Å². The number of halogens is 2. The molecule has 1 N–H and O–H groups in total. The molecule has 0 unspecified atom stereocenters. The zero-order chi connectivity index (χ0) is 28.6. The molecule has 0 aromatic heterocycles. The Morgan fingerprint density at radius 3 is 2.42 bits per heavy atom. The summed E-state index contributed by atoms with van der Waals surface area (Å²) >= 11 is 6.29. The van der Waals surface area contributed by atoms with E-state index >= 15 is 0 Å². The smallest absolute Gasteiger partial charge is 0.344 e. The number of piperazine rings is 1. The van der Waals surface area contributed by atoms with Crippen LogP contribution in [0.25, 0.3) is 0 Å². The van der Waals surface area contributed by atoms with Crippen molar-refractivity contribution in [2.24, 2.45) is 5.16 Å². The fraction of sp³-hybridized carbons (Fsp3) is 0.300. The predicted octanol–water partition coefficient (Wildman–Crippen LogP) is 4.83. The zero-order valence-corrected chi connectivity index (χ0v) is 23.1. The first-order valence-electron chi connectivity index (χ1n) is 12.9. The number of carbonyl (C=O) groups is 2. The van der Waals surface area contributed by atoms with E-state index in [0.29, 0.717) is 47.2 Å². The SMILES string of the molecule is C[C@@H]1CN(Cc2ccc(F)cc2)[C@@H](C)CN1C(=O)COc1ccc(Cl)cc1C(=NOCC(=O)O)c1ccccc1. The Labute approximate surface area is 237 Å². The Bertz CT molecular complexity index is 1350. The zero-order valence-electron chi connectivity index (χ0n) is 22.3. The van der Waals surface area contributed by atoms with E-state index < -0.39 is 12.6 Å². The number of nitrogens with zero attached hydrogens (tertiary/aromatic N) is 3. The molecule has 1 heterocycles. The van der Waals surface area contributed by atoms with Gasteiger partial charge in [-0.1, -0.05) is 59.2 Å². The number of carboxylic acid groups (broad SMARTS) is 1. The van der Waals surface area contributed by atoms with Gasteiger partial charge in [0.15, 0.2) is 6.61 Å². The van der Waals surface area contributed by atoms with Gasteiger partial charge >= 0.3 is 5.97 Å². The molecule has 1 saturated heterocycles. The molecular formula is C30H31ClFN3O5. The Hall–Kier alpha value is -3.95. The van der Waals surface area contributed by atoms with Crippen LogP contribution in [0.4, 0.5) is 4.39 Å². The second-order valence-electron chi connectivity index (χ2n) is 9.70. The summed E-state index contributed by atoms with van der Waals surface area (Å²) in [6.45, 7) is 5.10. The van der Waals surface area contributed by atoms with E-state index in [9.17, 15) is 14.0 Å². The lowest BCUT2D eigenvalue weighted by molar-refractivity contribution is -0.142. The molecule has 0 bridgehead atoms. The highest BCUT2D eigenvalue weighted by Gasteiger charge is 2.32. The van der Waals surface area contributed by atoms with Gasteiger partial charge < -0.3 is 19.6 Å². The van der Waals surface area contributed by atoms with Gasteiger partial charge in [0.05, 0.1) is 0 Å². The van der Waals surface area contributed by atoms with Crippen molar-refractivity contribution in [1.29, 1.82) is 0 Å². The van der Waals surface area contributed by atoms with E-state index in [4.69, 9.17) is 26.3 Å². The van der Waals surface area contributed by atoms with E-state index in [1.807, 2.05) is 30.0 Å². The van der Waals surface area contributed by atoms with Gasteiger partial charge in [0.25, 0.3) is 5.91 Å². The van der Waals surface area contributed by atoms with Crippen LogP contribution in [0.1, 0.15) is 30.5 Å². The molecule has 3 aromatic carbocycles. The molecule has 0 saturated carbocycles. The topological polar surface area (TPSA) is 91.7 Å². The second kappa shape index (κ2) is 13.4. The first-order valence-corrected chi connectivity index (χ1v) is 13.3. The highest BCUT2D eigenvalue weighted by atomic mass is 35.5. The van der Waals surface area contributed by atoms with Crippen LogP contribution in [-0.4, -0.2) is 70.9 Å². The minimum Gasteiger partial charge on any atom is -0.483 e. The second-order valence-corrected chi connectivity index (χ2v) is 10.1. The molecule has 0 spiro atoms. The number of rotatable bonds is 10. The number of hydrogen-bond acceptors (Lipinski definition) is 6. The third-order valence-electron chi connectivity index (χ3n) is 6.67. The summed E-state index contributed by atoms with van der Waals surface area (Å²) in [6.07, 6.45) is 0. The van der Waals surface area contributed by atoms with Crippen molar-refractivity contribution < 1.29 is 28.7 Å². The van der Waals surface area contributed by atoms with Gasteiger partial charge in [0.2, 0.25) is 6.61 Å². The van der Waals surface area contributed by atoms with Crippen molar-refractivity contribution in [3.63, 3.8) is 0 Å². The quantitative estimate of drug-likeness (QED) is 0.279. The summed E-state index contributed by atoms with van der Waals surface area (Å²) < 4.78 is 19.3. The van der Waals surface area contributed by atoms with Crippen molar-refractivity contribution in [3.8, 4) is 5.75 Å². The minimum absolute atomic E-state index is 0.0525. The highest BCUT2D eigenvalue weighted by molar-refractivity contribution is 6.31.